The minimum absolute atomic E-state index is 0.00491. The lowest BCUT2D eigenvalue weighted by Crippen LogP contribution is -2.21. The molecule has 0 bridgehead atoms. The van der Waals surface area contributed by atoms with Crippen LogP contribution in [0.1, 0.15) is 27.2 Å². The normalized spacial score (nSPS) is 11.0. The van der Waals surface area contributed by atoms with Gasteiger partial charge >= 0.3 is 0 Å². The molecule has 4 aromatic rings. The Hall–Kier alpha value is -3.51. The maximum atomic E-state index is 14.5. The number of carbonyl (C=O) groups excluding carboxylic acids is 1. The number of ketones is 1. The highest BCUT2D eigenvalue weighted by Crippen LogP contribution is 2.24. The Morgan fingerprint density at radius 2 is 1.87 bits per heavy atom. The van der Waals surface area contributed by atoms with Crippen LogP contribution in [0.3, 0.4) is 0 Å². The molecule has 4 rings (SSSR count). The second-order valence-electron chi connectivity index (χ2n) is 7.05. The largest absolute Gasteiger partial charge is 0.496 e. The highest BCUT2D eigenvalue weighted by molar-refractivity contribution is 6.31. The van der Waals surface area contributed by atoms with E-state index in [0.29, 0.717) is 17.1 Å². The van der Waals surface area contributed by atoms with E-state index in [1.54, 1.807) is 54.0 Å². The number of fused-ring (bicyclic) bond motifs is 1. The van der Waals surface area contributed by atoms with E-state index >= 15 is 0 Å². The van der Waals surface area contributed by atoms with Gasteiger partial charge in [-0.25, -0.2) is 9.37 Å². The highest BCUT2D eigenvalue weighted by Gasteiger charge is 2.21. The van der Waals surface area contributed by atoms with E-state index in [1.807, 2.05) is 0 Å². The Balaban J connectivity index is 1.96. The molecule has 0 saturated heterocycles. The topological polar surface area (TPSA) is 61.2 Å². The van der Waals surface area contributed by atoms with Crippen LogP contribution < -0.4 is 10.2 Å². The van der Waals surface area contributed by atoms with Crippen molar-refractivity contribution < 1.29 is 13.9 Å². The number of hydrogen-bond donors (Lipinski definition) is 0. The summed E-state index contributed by atoms with van der Waals surface area (Å²) in [6.45, 7) is 1.79. The van der Waals surface area contributed by atoms with Crippen LogP contribution in [-0.2, 0) is 6.54 Å². The van der Waals surface area contributed by atoms with Crippen molar-refractivity contribution in [1.29, 1.82) is 0 Å². The molecule has 156 valence electrons. The first-order chi connectivity index (χ1) is 14.9. The minimum atomic E-state index is -0.488. The predicted molar refractivity (Wildman–Crippen MR) is 118 cm³/mol. The lowest BCUT2D eigenvalue weighted by molar-refractivity contribution is 0.103. The van der Waals surface area contributed by atoms with Crippen LogP contribution >= 0.6 is 11.6 Å². The van der Waals surface area contributed by atoms with Crippen molar-refractivity contribution in [2.24, 2.45) is 0 Å². The Kier molecular flexibility index (Phi) is 5.57. The smallest absolute Gasteiger partial charge is 0.202 e. The van der Waals surface area contributed by atoms with Gasteiger partial charge in [-0.2, -0.15) is 0 Å². The Morgan fingerprint density at radius 1 is 1.10 bits per heavy atom. The molecule has 0 N–H and O–H groups in total. The number of halogens is 2. The van der Waals surface area contributed by atoms with E-state index in [0.717, 1.165) is 0 Å². The number of carbonyl (C=O) groups is 1. The molecule has 0 unspecified atom stereocenters. The van der Waals surface area contributed by atoms with E-state index in [4.69, 9.17) is 16.3 Å². The van der Waals surface area contributed by atoms with E-state index in [2.05, 4.69) is 4.98 Å². The first-order valence-electron chi connectivity index (χ1n) is 9.52. The molecule has 0 aliphatic rings. The molecular formula is C24H18ClFN2O3. The van der Waals surface area contributed by atoms with E-state index in [9.17, 15) is 14.0 Å². The number of ether oxygens (including phenoxy) is 1. The van der Waals surface area contributed by atoms with Gasteiger partial charge in [0.05, 0.1) is 30.2 Å². The van der Waals surface area contributed by atoms with Crippen molar-refractivity contribution in [3.05, 3.63) is 104 Å². The molecule has 2 heterocycles. The molecular weight excluding hydrogens is 419 g/mol. The molecule has 2 aromatic heterocycles. The third-order valence-corrected chi connectivity index (χ3v) is 5.40. The molecule has 0 saturated carbocycles. The van der Waals surface area contributed by atoms with Gasteiger partial charge < -0.3 is 9.30 Å². The van der Waals surface area contributed by atoms with Crippen molar-refractivity contribution >= 4 is 28.4 Å². The molecule has 0 atom stereocenters. The summed E-state index contributed by atoms with van der Waals surface area (Å²) in [6.07, 6.45) is 1.41. The molecule has 0 radical (unpaired) electrons. The first-order valence-corrected chi connectivity index (χ1v) is 9.90. The lowest BCUT2D eigenvalue weighted by Gasteiger charge is -2.15. The Morgan fingerprint density at radius 3 is 2.61 bits per heavy atom. The summed E-state index contributed by atoms with van der Waals surface area (Å²) in [5, 5.41) is 0.510. The molecule has 31 heavy (non-hydrogen) atoms. The fourth-order valence-corrected chi connectivity index (χ4v) is 3.70. The predicted octanol–water partition coefficient (Wildman–Crippen LogP) is 4.79. The zero-order chi connectivity index (χ0) is 22.1. The monoisotopic (exact) mass is 436 g/mol. The number of methoxy groups -OCH3 is 1. The molecule has 0 aliphatic carbocycles. The summed E-state index contributed by atoms with van der Waals surface area (Å²) < 4.78 is 21.3. The number of nitrogens with zero attached hydrogens (tertiary/aromatic N) is 2. The quantitative estimate of drug-likeness (QED) is 0.422. The first kappa shape index (κ1) is 20.8. The minimum Gasteiger partial charge on any atom is -0.496 e. The number of pyridine rings is 2. The average molecular weight is 437 g/mol. The molecule has 7 heteroatoms. The van der Waals surface area contributed by atoms with Gasteiger partial charge in [-0.05, 0) is 43.3 Å². The number of aryl methyl sites for hydroxylation is 1. The zero-order valence-corrected chi connectivity index (χ0v) is 17.6. The van der Waals surface area contributed by atoms with E-state index in [1.165, 1.54) is 25.4 Å². The lowest BCUT2D eigenvalue weighted by atomic mass is 10.0. The summed E-state index contributed by atoms with van der Waals surface area (Å²) in [5.41, 5.74) is 1.03. The molecule has 0 aliphatic heterocycles. The maximum absolute atomic E-state index is 14.5. The fourth-order valence-electron chi connectivity index (χ4n) is 3.47. The van der Waals surface area contributed by atoms with Crippen LogP contribution in [0, 0.1) is 12.7 Å². The van der Waals surface area contributed by atoms with E-state index in [-0.39, 0.29) is 33.6 Å². The van der Waals surface area contributed by atoms with Gasteiger partial charge in [0.15, 0.2) is 0 Å². The highest BCUT2D eigenvalue weighted by atomic mass is 35.5. The maximum Gasteiger partial charge on any atom is 0.202 e. The molecule has 0 fully saturated rings. The van der Waals surface area contributed by atoms with Crippen LogP contribution in [-0.4, -0.2) is 22.4 Å². The third-order valence-electron chi connectivity index (χ3n) is 5.05. The molecule has 5 nitrogen and oxygen atoms in total. The van der Waals surface area contributed by atoms with Crippen LogP contribution in [0.25, 0.3) is 11.0 Å². The zero-order valence-electron chi connectivity index (χ0n) is 16.9. The molecule has 0 amide bonds. The van der Waals surface area contributed by atoms with Crippen molar-refractivity contribution in [1.82, 2.24) is 9.55 Å². The van der Waals surface area contributed by atoms with Crippen LogP contribution in [0.5, 0.6) is 5.75 Å². The van der Waals surface area contributed by atoms with Crippen molar-refractivity contribution in [2.75, 3.05) is 7.11 Å². The van der Waals surface area contributed by atoms with Crippen LogP contribution in [0.2, 0.25) is 5.02 Å². The Labute approximate surface area is 182 Å². The van der Waals surface area contributed by atoms with Gasteiger partial charge in [-0.3, -0.25) is 9.59 Å². The standard InChI is InChI=1S/C24H18ClFN2O3/c1-14-10-11-16-23(30)18(22(29)15-6-3-4-9-21(15)31-2)13-28(24(16)27-14)12-17-19(25)7-5-8-20(17)26/h3-11,13H,12H2,1-2H3. The number of rotatable bonds is 5. The van der Waals surface area contributed by atoms with Gasteiger partial charge in [0.25, 0.3) is 0 Å². The average Bonchev–Trinajstić information content (AvgIpc) is 2.77. The second kappa shape index (κ2) is 8.32. The summed E-state index contributed by atoms with van der Waals surface area (Å²) >= 11 is 6.21. The van der Waals surface area contributed by atoms with Crippen molar-refractivity contribution in [3.8, 4) is 5.75 Å². The van der Waals surface area contributed by atoms with Crippen molar-refractivity contribution in [2.45, 2.75) is 13.5 Å². The van der Waals surface area contributed by atoms with Gasteiger partial charge in [-0.1, -0.05) is 29.8 Å². The van der Waals surface area contributed by atoms with Crippen LogP contribution in [0.4, 0.5) is 4.39 Å². The number of benzene rings is 2. The third kappa shape index (κ3) is 3.82. The van der Waals surface area contributed by atoms with Gasteiger partial charge in [-0.15, -0.1) is 0 Å². The summed E-state index contributed by atoms with van der Waals surface area (Å²) in [7, 11) is 1.46. The summed E-state index contributed by atoms with van der Waals surface area (Å²) in [5.74, 6) is -0.611. The van der Waals surface area contributed by atoms with Gasteiger partial charge in [0, 0.05) is 22.5 Å². The SMILES string of the molecule is COc1ccccc1C(=O)c1cn(Cc2c(F)cccc2Cl)c2nc(C)ccc2c1=O. The Bertz CT molecular complexity index is 1360. The molecule has 0 spiro atoms. The van der Waals surface area contributed by atoms with Gasteiger partial charge in [0.2, 0.25) is 11.2 Å². The summed E-state index contributed by atoms with van der Waals surface area (Å²) in [6, 6.07) is 14.4. The number of hydrogen-bond acceptors (Lipinski definition) is 4. The second-order valence-corrected chi connectivity index (χ2v) is 7.46. The number of para-hydroxylation sites is 1. The fraction of sp³-hybridized carbons (Fsp3) is 0.125. The molecule has 2 aromatic carbocycles. The number of aromatic nitrogens is 2. The van der Waals surface area contributed by atoms with Crippen molar-refractivity contribution in [3.63, 3.8) is 0 Å². The van der Waals surface area contributed by atoms with Crippen LogP contribution in [0.15, 0.2) is 65.6 Å². The summed E-state index contributed by atoms with van der Waals surface area (Å²) in [4.78, 5) is 30.9. The van der Waals surface area contributed by atoms with E-state index < -0.39 is 17.0 Å². The van der Waals surface area contributed by atoms with Gasteiger partial charge in [0.1, 0.15) is 17.2 Å².